The Labute approximate surface area is 122 Å². The summed E-state index contributed by atoms with van der Waals surface area (Å²) in [6.45, 7) is 0. The number of hydrogen-bond acceptors (Lipinski definition) is 4. The van der Waals surface area contributed by atoms with E-state index < -0.39 is 6.03 Å². The second-order valence-corrected chi connectivity index (χ2v) is 4.20. The third-order valence-electron chi connectivity index (χ3n) is 2.77. The quantitative estimate of drug-likeness (QED) is 0.753. The monoisotopic (exact) mass is 282 g/mol. The number of nitriles is 1. The molecule has 0 heterocycles. The van der Waals surface area contributed by atoms with E-state index in [-0.39, 0.29) is 0 Å². The molecule has 106 valence electrons. The topological polar surface area (TPSA) is 100 Å². The molecule has 0 radical (unpaired) electrons. The van der Waals surface area contributed by atoms with Crippen LogP contribution >= 0.6 is 0 Å². The van der Waals surface area contributed by atoms with Crippen LogP contribution in [0.2, 0.25) is 0 Å². The number of rotatable bonds is 3. The second-order valence-electron chi connectivity index (χ2n) is 4.20. The van der Waals surface area contributed by atoms with Crippen molar-refractivity contribution in [3.05, 3.63) is 48.0 Å². The van der Waals surface area contributed by atoms with Crippen molar-refractivity contribution in [3.63, 3.8) is 0 Å². The summed E-state index contributed by atoms with van der Waals surface area (Å²) >= 11 is 0. The Hall–Kier alpha value is -3.20. The number of urea groups is 1. The zero-order chi connectivity index (χ0) is 15.2. The van der Waals surface area contributed by atoms with Crippen LogP contribution in [-0.2, 0) is 0 Å². The van der Waals surface area contributed by atoms with Crippen molar-refractivity contribution in [3.8, 4) is 11.8 Å². The lowest BCUT2D eigenvalue weighted by Gasteiger charge is -2.11. The molecule has 0 unspecified atom stereocenters. The number of amides is 2. The van der Waals surface area contributed by atoms with Crippen molar-refractivity contribution in [1.29, 1.82) is 5.26 Å². The summed E-state index contributed by atoms with van der Waals surface area (Å²) in [7, 11) is 1.52. The molecular formula is C15H14N4O2. The Morgan fingerprint density at radius 1 is 1.19 bits per heavy atom. The van der Waals surface area contributed by atoms with E-state index in [1.165, 1.54) is 13.2 Å². The normalized spacial score (nSPS) is 9.52. The molecule has 21 heavy (non-hydrogen) atoms. The fraction of sp³-hybridized carbons (Fsp3) is 0.0667. The van der Waals surface area contributed by atoms with Gasteiger partial charge < -0.3 is 21.1 Å². The van der Waals surface area contributed by atoms with E-state index in [1.54, 1.807) is 36.4 Å². The van der Waals surface area contributed by atoms with Gasteiger partial charge in [0.05, 0.1) is 24.0 Å². The van der Waals surface area contributed by atoms with Crippen molar-refractivity contribution in [2.45, 2.75) is 0 Å². The highest BCUT2D eigenvalue weighted by atomic mass is 16.5. The third-order valence-corrected chi connectivity index (χ3v) is 2.77. The molecule has 2 rings (SSSR count). The van der Waals surface area contributed by atoms with E-state index in [0.717, 1.165) is 0 Å². The fourth-order valence-electron chi connectivity index (χ4n) is 1.79. The number of nitrogens with zero attached hydrogens (tertiary/aromatic N) is 1. The first-order valence-electron chi connectivity index (χ1n) is 6.14. The molecule has 0 saturated heterocycles. The minimum atomic E-state index is -0.472. The number of benzene rings is 2. The van der Waals surface area contributed by atoms with Gasteiger partial charge in [-0.3, -0.25) is 0 Å². The largest absolute Gasteiger partial charge is 0.495 e. The maximum atomic E-state index is 12.0. The van der Waals surface area contributed by atoms with Crippen LogP contribution in [0.25, 0.3) is 0 Å². The summed E-state index contributed by atoms with van der Waals surface area (Å²) in [5.41, 5.74) is 7.28. The van der Waals surface area contributed by atoms with E-state index in [9.17, 15) is 4.79 Å². The number of nitrogen functional groups attached to an aromatic ring is 1. The molecule has 0 fully saturated rings. The first-order valence-corrected chi connectivity index (χ1v) is 6.14. The van der Waals surface area contributed by atoms with Gasteiger partial charge in [-0.2, -0.15) is 5.26 Å². The van der Waals surface area contributed by atoms with Crippen LogP contribution in [0.3, 0.4) is 0 Å². The molecule has 0 aromatic heterocycles. The lowest BCUT2D eigenvalue weighted by molar-refractivity contribution is 0.262. The van der Waals surface area contributed by atoms with Gasteiger partial charge in [-0.25, -0.2) is 4.79 Å². The molecule has 6 nitrogen and oxygen atoms in total. The van der Waals surface area contributed by atoms with E-state index in [4.69, 9.17) is 15.7 Å². The summed E-state index contributed by atoms with van der Waals surface area (Å²) in [5, 5.41) is 14.3. The molecule has 0 saturated carbocycles. The molecule has 0 bridgehead atoms. The van der Waals surface area contributed by atoms with E-state index in [1.807, 2.05) is 6.07 Å². The van der Waals surface area contributed by atoms with Crippen molar-refractivity contribution >= 4 is 23.1 Å². The lowest BCUT2D eigenvalue weighted by atomic mass is 10.2. The van der Waals surface area contributed by atoms with Gasteiger partial charge in [0.1, 0.15) is 11.8 Å². The first kappa shape index (κ1) is 14.2. The van der Waals surface area contributed by atoms with Gasteiger partial charge >= 0.3 is 6.03 Å². The fourth-order valence-corrected chi connectivity index (χ4v) is 1.79. The Kier molecular flexibility index (Phi) is 4.26. The number of carbonyl (C=O) groups is 1. The number of hydrogen-bond donors (Lipinski definition) is 3. The smallest absolute Gasteiger partial charge is 0.323 e. The second kappa shape index (κ2) is 6.30. The molecule has 0 aliphatic heterocycles. The minimum Gasteiger partial charge on any atom is -0.495 e. The lowest BCUT2D eigenvalue weighted by Crippen LogP contribution is -2.20. The number of nitrogens with two attached hydrogens (primary N) is 1. The molecule has 2 aromatic rings. The standard InChI is InChI=1S/C15H14N4O2/c1-21-14-5-3-2-4-13(14)19-15(20)18-12-7-6-11(17)8-10(12)9-16/h2-8H,17H2,1H3,(H2,18,19,20). The van der Waals surface area contributed by atoms with Gasteiger partial charge in [-0.15, -0.1) is 0 Å². The van der Waals surface area contributed by atoms with E-state index >= 15 is 0 Å². The van der Waals surface area contributed by atoms with Crippen LogP contribution in [-0.4, -0.2) is 13.1 Å². The maximum absolute atomic E-state index is 12.0. The Morgan fingerprint density at radius 3 is 2.62 bits per heavy atom. The number of ether oxygens (including phenoxy) is 1. The number of carbonyl (C=O) groups excluding carboxylic acids is 1. The molecule has 0 aliphatic rings. The number of anilines is 3. The van der Waals surface area contributed by atoms with Crippen LogP contribution < -0.4 is 21.1 Å². The maximum Gasteiger partial charge on any atom is 0.323 e. The molecule has 2 aromatic carbocycles. The zero-order valence-corrected chi connectivity index (χ0v) is 11.4. The molecule has 6 heteroatoms. The first-order chi connectivity index (χ1) is 10.1. The highest BCUT2D eigenvalue weighted by Crippen LogP contribution is 2.24. The summed E-state index contributed by atoms with van der Waals surface area (Å²) in [4.78, 5) is 12.0. The summed E-state index contributed by atoms with van der Waals surface area (Å²) in [6.07, 6.45) is 0. The SMILES string of the molecule is COc1ccccc1NC(=O)Nc1ccc(N)cc1C#N. The van der Waals surface area contributed by atoms with Gasteiger partial charge in [0.15, 0.2) is 0 Å². The van der Waals surface area contributed by atoms with Gasteiger partial charge in [-0.1, -0.05) is 12.1 Å². The number of para-hydroxylation sites is 2. The van der Waals surface area contributed by atoms with Gasteiger partial charge in [0.25, 0.3) is 0 Å². The highest BCUT2D eigenvalue weighted by molar-refractivity contribution is 6.01. The molecule has 0 aliphatic carbocycles. The van der Waals surface area contributed by atoms with Crippen LogP contribution in [0.5, 0.6) is 5.75 Å². The number of methoxy groups -OCH3 is 1. The minimum absolute atomic E-state index is 0.296. The van der Waals surface area contributed by atoms with Crippen LogP contribution in [0.1, 0.15) is 5.56 Å². The molecule has 0 atom stereocenters. The van der Waals surface area contributed by atoms with Crippen LogP contribution in [0.15, 0.2) is 42.5 Å². The predicted octanol–water partition coefficient (Wildman–Crippen LogP) is 2.79. The van der Waals surface area contributed by atoms with E-state index in [2.05, 4.69) is 10.6 Å². The van der Waals surface area contributed by atoms with Crippen LogP contribution in [0.4, 0.5) is 21.9 Å². The molecule has 4 N–H and O–H groups in total. The van der Waals surface area contributed by atoms with Gasteiger partial charge in [-0.05, 0) is 30.3 Å². The van der Waals surface area contributed by atoms with Crippen molar-refractivity contribution < 1.29 is 9.53 Å². The van der Waals surface area contributed by atoms with E-state index in [0.29, 0.717) is 28.4 Å². The van der Waals surface area contributed by atoms with Crippen molar-refractivity contribution in [2.24, 2.45) is 0 Å². The van der Waals surface area contributed by atoms with Crippen molar-refractivity contribution in [2.75, 3.05) is 23.5 Å². The Balaban J connectivity index is 2.14. The zero-order valence-electron chi connectivity index (χ0n) is 11.4. The summed E-state index contributed by atoms with van der Waals surface area (Å²) < 4.78 is 5.15. The van der Waals surface area contributed by atoms with Crippen molar-refractivity contribution in [1.82, 2.24) is 0 Å². The Morgan fingerprint density at radius 2 is 1.90 bits per heavy atom. The predicted molar refractivity (Wildman–Crippen MR) is 81.2 cm³/mol. The molecule has 2 amide bonds. The average molecular weight is 282 g/mol. The highest BCUT2D eigenvalue weighted by Gasteiger charge is 2.09. The molecule has 0 spiro atoms. The van der Waals surface area contributed by atoms with Crippen LogP contribution in [0, 0.1) is 11.3 Å². The van der Waals surface area contributed by atoms with Gasteiger partial charge in [0.2, 0.25) is 0 Å². The van der Waals surface area contributed by atoms with Gasteiger partial charge in [0, 0.05) is 5.69 Å². The average Bonchev–Trinajstić information content (AvgIpc) is 2.49. The molecular weight excluding hydrogens is 268 g/mol. The number of nitrogens with one attached hydrogen (secondary N) is 2. The Bertz CT molecular complexity index is 707. The summed E-state index contributed by atoms with van der Waals surface area (Å²) in [5.74, 6) is 0.547. The summed E-state index contributed by atoms with van der Waals surface area (Å²) in [6, 6.07) is 13.2. The third kappa shape index (κ3) is 3.42.